The lowest BCUT2D eigenvalue weighted by molar-refractivity contribution is -0.152. The lowest BCUT2D eigenvalue weighted by atomic mass is 9.96. The fourth-order valence-corrected chi connectivity index (χ4v) is 11.3. The van der Waals surface area contributed by atoms with Crippen LogP contribution in [0.5, 0.6) is 28.7 Å². The third-order valence-corrected chi connectivity index (χ3v) is 16.7. The van der Waals surface area contributed by atoms with Crippen LogP contribution >= 0.6 is 0 Å². The molecule has 3 unspecified atom stereocenters. The van der Waals surface area contributed by atoms with Gasteiger partial charge in [-0.2, -0.15) is 0 Å². The van der Waals surface area contributed by atoms with Crippen molar-refractivity contribution < 1.29 is 52.9 Å². The summed E-state index contributed by atoms with van der Waals surface area (Å²) in [5, 5.41) is 20.7. The number of methoxy groups -OCH3 is 3. The summed E-state index contributed by atoms with van der Waals surface area (Å²) >= 11 is 0. The van der Waals surface area contributed by atoms with Crippen LogP contribution in [0.15, 0.2) is 146 Å². The van der Waals surface area contributed by atoms with Gasteiger partial charge in [-0.1, -0.05) is 176 Å². The summed E-state index contributed by atoms with van der Waals surface area (Å²) in [7, 11) is 17.1. The van der Waals surface area contributed by atoms with Crippen LogP contribution in [0.4, 0.5) is 0 Å². The number of carbonyl (C=O) groups excluding carboxylic acids is 1. The summed E-state index contributed by atoms with van der Waals surface area (Å²) < 4.78 is 45.8. The minimum atomic E-state index is -0.745. The molecular formula is C82H123N3O11. The first-order valence-corrected chi connectivity index (χ1v) is 35.7. The molecule has 5 atom stereocenters. The number of hydrogen-bond acceptors (Lipinski definition) is 14. The fraction of sp³-hybridized carbons (Fsp3) is 0.549. The Balaban J connectivity index is 0.000000306. The molecule has 6 aromatic rings. The zero-order valence-electron chi connectivity index (χ0n) is 61.0. The number of esters is 1. The molecular weight excluding hydrogens is 1200 g/mol. The third-order valence-electron chi connectivity index (χ3n) is 16.7. The Labute approximate surface area is 579 Å². The highest BCUT2D eigenvalue weighted by Crippen LogP contribution is 2.25. The van der Waals surface area contributed by atoms with E-state index in [1.807, 2.05) is 106 Å². The molecule has 0 bridgehead atoms. The maximum atomic E-state index is 12.3. The van der Waals surface area contributed by atoms with Crippen molar-refractivity contribution in [2.75, 3.05) is 96.5 Å². The predicted molar refractivity (Wildman–Crippen MR) is 393 cm³/mol. The van der Waals surface area contributed by atoms with Gasteiger partial charge in [0, 0.05) is 26.1 Å². The lowest BCUT2D eigenvalue weighted by Crippen LogP contribution is -2.36. The molecule has 0 spiro atoms. The van der Waals surface area contributed by atoms with Gasteiger partial charge in [0.15, 0.2) is 12.6 Å². The van der Waals surface area contributed by atoms with Crippen LogP contribution in [0.1, 0.15) is 162 Å². The molecule has 0 aromatic heterocycles. The van der Waals surface area contributed by atoms with E-state index >= 15 is 0 Å². The van der Waals surface area contributed by atoms with Crippen LogP contribution < -0.4 is 23.7 Å². The molecule has 96 heavy (non-hydrogen) atoms. The first kappa shape index (κ1) is 81.9. The second-order valence-corrected chi connectivity index (χ2v) is 26.0. The normalized spacial score (nSPS) is 12.8. The molecule has 2 N–H and O–H groups in total. The highest BCUT2D eigenvalue weighted by molar-refractivity contribution is 5.69. The molecule has 6 rings (SSSR count). The summed E-state index contributed by atoms with van der Waals surface area (Å²) in [6.07, 6.45) is 20.9. The molecule has 0 heterocycles. The zero-order chi connectivity index (χ0) is 69.6. The van der Waals surface area contributed by atoms with E-state index in [2.05, 4.69) is 117 Å². The van der Waals surface area contributed by atoms with Crippen LogP contribution in [0, 0.1) is 0 Å². The maximum absolute atomic E-state index is 12.3. The number of benzene rings is 6. The Morgan fingerprint density at radius 3 is 1.12 bits per heavy atom. The second kappa shape index (κ2) is 49.9. The number of para-hydroxylation sites is 2. The Kier molecular flexibility index (Phi) is 42.6. The highest BCUT2D eigenvalue weighted by atomic mass is 16.6. The van der Waals surface area contributed by atoms with Gasteiger partial charge in [-0.15, -0.1) is 0 Å². The van der Waals surface area contributed by atoms with E-state index in [1.165, 1.54) is 59.1 Å². The number of nitrogens with zero attached hydrogens (tertiary/aromatic N) is 3. The van der Waals surface area contributed by atoms with Gasteiger partial charge < -0.3 is 62.8 Å². The van der Waals surface area contributed by atoms with Crippen molar-refractivity contribution >= 4 is 5.97 Å². The molecule has 14 nitrogen and oxygen atoms in total. The van der Waals surface area contributed by atoms with Gasteiger partial charge in [0.05, 0.1) is 27.4 Å². The molecule has 0 saturated carbocycles. The molecule has 0 fully saturated rings. The van der Waals surface area contributed by atoms with Crippen LogP contribution in [-0.4, -0.2) is 158 Å². The summed E-state index contributed by atoms with van der Waals surface area (Å²) in [6.45, 7) is 9.45. The molecule has 0 radical (unpaired) electrons. The van der Waals surface area contributed by atoms with E-state index in [-0.39, 0.29) is 24.3 Å². The lowest BCUT2D eigenvalue weighted by Gasteiger charge is -2.25. The number of rotatable bonds is 47. The van der Waals surface area contributed by atoms with Gasteiger partial charge in [0.1, 0.15) is 54.2 Å². The van der Waals surface area contributed by atoms with Crippen molar-refractivity contribution in [3.63, 3.8) is 0 Å². The van der Waals surface area contributed by atoms with Crippen molar-refractivity contribution in [2.45, 2.75) is 199 Å². The standard InChI is InChI=1S/C28H43NO3.C27H41NO4.C27H39NO4/c1-5-6-7-8-13-28(30)32-27(22-29(2)3)21-18-25-12-10-9-11-24(25)17-14-23-15-19-26(31-4)20-16-23;2*1-5-6-7-8-13-27(29)32-25(20-28(2)3)21-31-26-12-10-9-11-23(26)17-14-22-15-18-24(30-4)19-16-22/h9-12,15-16,19-20,27-28,30H,5-8,13-14,17-18,21-22H2,1-4H3;9-12,15-16,18-19,25,27,29H,5-8,13-14,17,20-21H2,1-4H3;9-12,15-16,18-19,25H,5-8,13-14,17,20-21H2,1-4H3/t27-,28?;;25-/m1.1/s1. The first-order chi connectivity index (χ1) is 46.5. The van der Waals surface area contributed by atoms with Crippen LogP contribution in [-0.2, 0) is 64.0 Å². The summed E-state index contributed by atoms with van der Waals surface area (Å²) in [6, 6.07) is 49.7. The number of aliphatic hydroxyl groups is 2. The minimum Gasteiger partial charge on any atom is -0.497 e. The van der Waals surface area contributed by atoms with Gasteiger partial charge >= 0.3 is 5.97 Å². The molecule has 0 aliphatic carbocycles. The number of hydrogen-bond donors (Lipinski definition) is 2. The number of ether oxygens (including phenoxy) is 8. The van der Waals surface area contributed by atoms with E-state index in [1.54, 1.807) is 21.3 Å². The van der Waals surface area contributed by atoms with E-state index < -0.39 is 12.6 Å². The molecule has 0 aliphatic rings. The van der Waals surface area contributed by atoms with Crippen molar-refractivity contribution in [1.82, 2.24) is 14.7 Å². The first-order valence-electron chi connectivity index (χ1n) is 35.7. The van der Waals surface area contributed by atoms with E-state index in [0.717, 1.165) is 150 Å². The number of unbranched alkanes of at least 4 members (excludes halogenated alkanes) is 9. The van der Waals surface area contributed by atoms with Crippen LogP contribution in [0.3, 0.4) is 0 Å². The molecule has 6 aromatic carbocycles. The molecule has 532 valence electrons. The summed E-state index contributed by atoms with van der Waals surface area (Å²) in [5.74, 6) is 4.23. The van der Waals surface area contributed by atoms with Crippen molar-refractivity contribution in [3.05, 3.63) is 185 Å². The number of aryl methyl sites for hydroxylation is 7. The SMILES string of the molecule is CCCCCCC(=O)O[C@@H](COc1ccccc1CCc1ccc(OC)cc1)CN(C)C.CCCCCCC(O)OC(COc1ccccc1CCc1ccc(OC)cc1)CN(C)C.CCCCCCC(O)O[C@H](CCc1ccccc1CCc1ccc(OC)cc1)CN(C)C. The third kappa shape index (κ3) is 36.2. The Hall–Kier alpha value is -6.49. The van der Waals surface area contributed by atoms with Crippen molar-refractivity contribution in [3.8, 4) is 28.7 Å². The number of carbonyl (C=O) groups is 1. The smallest absolute Gasteiger partial charge is 0.306 e. The maximum Gasteiger partial charge on any atom is 0.306 e. The van der Waals surface area contributed by atoms with Gasteiger partial charge in [0.2, 0.25) is 0 Å². The van der Waals surface area contributed by atoms with Crippen LogP contribution in [0.2, 0.25) is 0 Å². The largest absolute Gasteiger partial charge is 0.497 e. The van der Waals surface area contributed by atoms with Crippen molar-refractivity contribution in [1.29, 1.82) is 0 Å². The summed E-state index contributed by atoms with van der Waals surface area (Å²) in [4.78, 5) is 18.5. The second-order valence-electron chi connectivity index (χ2n) is 26.0. The van der Waals surface area contributed by atoms with E-state index in [0.29, 0.717) is 39.1 Å². The molecule has 0 aliphatic heterocycles. The van der Waals surface area contributed by atoms with E-state index in [9.17, 15) is 15.0 Å². The Morgan fingerprint density at radius 1 is 0.375 bits per heavy atom. The average molecular weight is 1330 g/mol. The molecule has 14 heteroatoms. The average Bonchev–Trinajstić information content (AvgIpc) is 1.36. The van der Waals surface area contributed by atoms with Crippen LogP contribution in [0.25, 0.3) is 0 Å². The molecule has 0 amide bonds. The zero-order valence-corrected chi connectivity index (χ0v) is 61.0. The topological polar surface area (TPSA) is 141 Å². The highest BCUT2D eigenvalue weighted by Gasteiger charge is 2.21. The number of aliphatic hydroxyl groups excluding tert-OH is 2. The van der Waals surface area contributed by atoms with Gasteiger partial charge in [-0.3, -0.25) is 4.79 Å². The fourth-order valence-electron chi connectivity index (χ4n) is 11.3. The Morgan fingerprint density at radius 2 is 0.719 bits per heavy atom. The summed E-state index contributed by atoms with van der Waals surface area (Å²) in [5.41, 5.74) is 8.94. The van der Waals surface area contributed by atoms with Gasteiger partial charge in [0.25, 0.3) is 0 Å². The van der Waals surface area contributed by atoms with Gasteiger partial charge in [-0.25, -0.2) is 0 Å². The predicted octanol–water partition coefficient (Wildman–Crippen LogP) is 16.0. The van der Waals surface area contributed by atoms with Crippen molar-refractivity contribution in [2.24, 2.45) is 0 Å². The Bertz CT molecular complexity index is 2770. The quantitative estimate of drug-likeness (QED) is 0.0213. The van der Waals surface area contributed by atoms with Gasteiger partial charge in [-0.05, 0) is 213 Å². The molecule has 0 saturated heterocycles. The monoisotopic (exact) mass is 1330 g/mol. The van der Waals surface area contributed by atoms with E-state index in [4.69, 9.17) is 37.9 Å². The number of likely N-dealkylation sites (N-methyl/N-ethyl adjacent to an activating group) is 3. The minimum absolute atomic E-state index is 0.0285.